The average Bonchev–Trinajstić information content (AvgIpc) is 2.97. The highest BCUT2D eigenvalue weighted by atomic mass is 16.5. The summed E-state index contributed by atoms with van der Waals surface area (Å²) in [6.45, 7) is 5.65. The molecule has 2 aromatic rings. The van der Waals surface area contributed by atoms with Crippen LogP contribution in [-0.2, 0) is 4.74 Å². The maximum atomic E-state index is 9.12. The molecule has 0 amide bonds. The van der Waals surface area contributed by atoms with Gasteiger partial charge in [-0.25, -0.2) is 4.98 Å². The molecule has 0 bridgehead atoms. The summed E-state index contributed by atoms with van der Waals surface area (Å²) in [6, 6.07) is 12.6. The standard InChI is InChI=1S/C17H20N4O2/c1-13-20-15(11-18)17(23-13)19-12-16(14-5-3-2-4-6-14)21-7-9-22-10-8-21/h2-6,16,19H,7-10,12H2,1H3. The van der Waals surface area contributed by atoms with Crippen LogP contribution >= 0.6 is 0 Å². The molecule has 1 aliphatic rings. The van der Waals surface area contributed by atoms with E-state index >= 15 is 0 Å². The Morgan fingerprint density at radius 1 is 1.30 bits per heavy atom. The first kappa shape index (κ1) is 15.5. The van der Waals surface area contributed by atoms with Crippen LogP contribution in [0.15, 0.2) is 34.7 Å². The number of ether oxygens (including phenoxy) is 1. The number of oxazole rings is 1. The molecule has 6 nitrogen and oxygen atoms in total. The highest BCUT2D eigenvalue weighted by Gasteiger charge is 2.23. The van der Waals surface area contributed by atoms with E-state index in [9.17, 15) is 0 Å². The lowest BCUT2D eigenvalue weighted by Gasteiger charge is -2.34. The van der Waals surface area contributed by atoms with Gasteiger partial charge in [0.1, 0.15) is 6.07 Å². The lowest BCUT2D eigenvalue weighted by atomic mass is 10.0. The van der Waals surface area contributed by atoms with Gasteiger partial charge in [-0.3, -0.25) is 4.90 Å². The Morgan fingerprint density at radius 2 is 2.04 bits per heavy atom. The van der Waals surface area contributed by atoms with Gasteiger partial charge >= 0.3 is 0 Å². The molecule has 0 aliphatic carbocycles. The van der Waals surface area contributed by atoms with Crippen molar-refractivity contribution in [3.63, 3.8) is 0 Å². The van der Waals surface area contributed by atoms with Crippen LogP contribution in [0.3, 0.4) is 0 Å². The second-order valence-electron chi connectivity index (χ2n) is 5.48. The van der Waals surface area contributed by atoms with Gasteiger partial charge in [-0.05, 0) is 5.56 Å². The van der Waals surface area contributed by atoms with Crippen molar-refractivity contribution in [3.8, 4) is 6.07 Å². The fourth-order valence-corrected chi connectivity index (χ4v) is 2.83. The smallest absolute Gasteiger partial charge is 0.232 e. The molecular formula is C17H20N4O2. The summed E-state index contributed by atoms with van der Waals surface area (Å²) in [5.41, 5.74) is 1.54. The molecule has 1 atom stereocenters. The molecule has 2 heterocycles. The first-order valence-corrected chi connectivity index (χ1v) is 7.76. The maximum Gasteiger partial charge on any atom is 0.232 e. The van der Waals surface area contributed by atoms with Crippen LogP contribution in [0.2, 0.25) is 0 Å². The van der Waals surface area contributed by atoms with Crippen LogP contribution < -0.4 is 5.32 Å². The monoisotopic (exact) mass is 312 g/mol. The van der Waals surface area contributed by atoms with Crippen molar-refractivity contribution in [3.05, 3.63) is 47.5 Å². The predicted octanol–water partition coefficient (Wildman–Crippen LogP) is 2.34. The van der Waals surface area contributed by atoms with Gasteiger partial charge in [-0.1, -0.05) is 30.3 Å². The minimum atomic E-state index is 0.192. The van der Waals surface area contributed by atoms with Crippen molar-refractivity contribution < 1.29 is 9.15 Å². The Balaban J connectivity index is 1.77. The fourth-order valence-electron chi connectivity index (χ4n) is 2.83. The molecule has 23 heavy (non-hydrogen) atoms. The summed E-state index contributed by atoms with van der Waals surface area (Å²) in [4.78, 5) is 6.46. The van der Waals surface area contributed by atoms with Gasteiger partial charge in [0.05, 0.1) is 19.3 Å². The number of morpholine rings is 1. The number of anilines is 1. The van der Waals surface area contributed by atoms with Crippen LogP contribution in [-0.4, -0.2) is 42.7 Å². The van der Waals surface area contributed by atoms with Gasteiger partial charge in [-0.15, -0.1) is 0 Å². The van der Waals surface area contributed by atoms with E-state index in [0.29, 0.717) is 24.0 Å². The van der Waals surface area contributed by atoms with E-state index in [1.807, 2.05) is 18.2 Å². The zero-order valence-electron chi connectivity index (χ0n) is 13.2. The lowest BCUT2D eigenvalue weighted by Crippen LogP contribution is -2.41. The number of hydrogen-bond acceptors (Lipinski definition) is 6. The van der Waals surface area contributed by atoms with Crippen LogP contribution in [0.5, 0.6) is 0 Å². The molecule has 1 aromatic heterocycles. The Hall–Kier alpha value is -2.36. The van der Waals surface area contributed by atoms with Crippen molar-refractivity contribution in [1.29, 1.82) is 5.26 Å². The quantitative estimate of drug-likeness (QED) is 0.913. The number of nitrogens with zero attached hydrogens (tertiary/aromatic N) is 3. The van der Waals surface area contributed by atoms with E-state index in [0.717, 1.165) is 26.3 Å². The fraction of sp³-hybridized carbons (Fsp3) is 0.412. The summed E-state index contributed by atoms with van der Waals surface area (Å²) in [5.74, 6) is 0.936. The third-order valence-electron chi connectivity index (χ3n) is 3.97. The van der Waals surface area contributed by atoms with Gasteiger partial charge in [-0.2, -0.15) is 5.26 Å². The van der Waals surface area contributed by atoms with E-state index in [1.54, 1.807) is 6.92 Å². The Kier molecular flexibility index (Phi) is 4.91. The van der Waals surface area contributed by atoms with E-state index < -0.39 is 0 Å². The van der Waals surface area contributed by atoms with E-state index in [4.69, 9.17) is 14.4 Å². The maximum absolute atomic E-state index is 9.12. The SMILES string of the molecule is Cc1nc(C#N)c(NCC(c2ccccc2)N2CCOCC2)o1. The van der Waals surface area contributed by atoms with Crippen molar-refractivity contribution in [2.45, 2.75) is 13.0 Å². The van der Waals surface area contributed by atoms with Gasteiger partial charge in [0.25, 0.3) is 0 Å². The highest BCUT2D eigenvalue weighted by molar-refractivity contribution is 5.45. The van der Waals surface area contributed by atoms with Crippen LogP contribution in [0, 0.1) is 18.3 Å². The normalized spacial score (nSPS) is 16.7. The number of aryl methyl sites for hydroxylation is 1. The van der Waals surface area contributed by atoms with Crippen molar-refractivity contribution in [2.75, 3.05) is 38.2 Å². The molecule has 120 valence electrons. The molecule has 1 saturated heterocycles. The predicted molar refractivity (Wildman–Crippen MR) is 86.0 cm³/mol. The summed E-state index contributed by atoms with van der Waals surface area (Å²) in [5, 5.41) is 12.4. The number of rotatable bonds is 5. The van der Waals surface area contributed by atoms with Crippen molar-refractivity contribution in [1.82, 2.24) is 9.88 Å². The lowest BCUT2D eigenvalue weighted by molar-refractivity contribution is 0.0186. The van der Waals surface area contributed by atoms with Crippen LogP contribution in [0.4, 0.5) is 5.88 Å². The minimum Gasteiger partial charge on any atom is -0.424 e. The summed E-state index contributed by atoms with van der Waals surface area (Å²) >= 11 is 0. The third kappa shape index (κ3) is 3.70. The first-order valence-electron chi connectivity index (χ1n) is 7.76. The zero-order valence-corrected chi connectivity index (χ0v) is 13.2. The Bertz CT molecular complexity index is 672. The van der Waals surface area contributed by atoms with Gasteiger partial charge in [0.15, 0.2) is 5.89 Å². The molecule has 0 saturated carbocycles. The molecule has 1 unspecified atom stereocenters. The summed E-state index contributed by atoms with van der Waals surface area (Å²) < 4.78 is 10.9. The molecule has 1 aromatic carbocycles. The van der Waals surface area contributed by atoms with Gasteiger partial charge in [0.2, 0.25) is 11.6 Å². The highest BCUT2D eigenvalue weighted by Crippen LogP contribution is 2.24. The first-order chi connectivity index (χ1) is 11.3. The Morgan fingerprint density at radius 3 is 2.74 bits per heavy atom. The van der Waals surface area contributed by atoms with Gasteiger partial charge in [0, 0.05) is 26.6 Å². The molecule has 0 spiro atoms. The average molecular weight is 312 g/mol. The summed E-state index contributed by atoms with van der Waals surface area (Å²) in [7, 11) is 0. The molecule has 1 aliphatic heterocycles. The largest absolute Gasteiger partial charge is 0.424 e. The number of nitriles is 1. The van der Waals surface area contributed by atoms with E-state index in [1.165, 1.54) is 5.56 Å². The van der Waals surface area contributed by atoms with Crippen LogP contribution in [0.25, 0.3) is 0 Å². The second-order valence-corrected chi connectivity index (χ2v) is 5.48. The van der Waals surface area contributed by atoms with E-state index in [2.05, 4.69) is 33.4 Å². The molecule has 3 rings (SSSR count). The number of nitrogens with one attached hydrogen (secondary N) is 1. The minimum absolute atomic E-state index is 0.192. The van der Waals surface area contributed by atoms with Gasteiger partial charge < -0.3 is 14.5 Å². The van der Waals surface area contributed by atoms with E-state index in [-0.39, 0.29) is 6.04 Å². The zero-order chi connectivity index (χ0) is 16.1. The number of aromatic nitrogens is 1. The van der Waals surface area contributed by atoms with Crippen LogP contribution in [0.1, 0.15) is 23.2 Å². The number of benzene rings is 1. The molecule has 1 N–H and O–H groups in total. The third-order valence-corrected chi connectivity index (χ3v) is 3.97. The summed E-state index contributed by atoms with van der Waals surface area (Å²) in [6.07, 6.45) is 0. The molecule has 6 heteroatoms. The molecular weight excluding hydrogens is 292 g/mol. The van der Waals surface area contributed by atoms with Crippen molar-refractivity contribution >= 4 is 5.88 Å². The topological polar surface area (TPSA) is 74.3 Å². The Labute approximate surface area is 135 Å². The molecule has 1 fully saturated rings. The second kappa shape index (κ2) is 7.27. The molecule has 0 radical (unpaired) electrons. The number of hydrogen-bond donors (Lipinski definition) is 1. The van der Waals surface area contributed by atoms with Crippen molar-refractivity contribution in [2.24, 2.45) is 0 Å².